The van der Waals surface area contributed by atoms with Crippen LogP contribution in [0.15, 0.2) is 30.4 Å². The molecule has 0 aromatic carbocycles. The molecule has 2 aliphatic heterocycles. The zero-order chi connectivity index (χ0) is 20.1. The fourth-order valence-electron chi connectivity index (χ4n) is 4.27. The Hall–Kier alpha value is -2.96. The largest absolute Gasteiger partial charge is 0.465 e. The number of imidazole rings is 1. The average molecular weight is 380 g/mol. The van der Waals surface area contributed by atoms with E-state index in [0.717, 1.165) is 34.8 Å². The molecule has 0 radical (unpaired) electrons. The van der Waals surface area contributed by atoms with Gasteiger partial charge in [0.1, 0.15) is 6.33 Å². The first-order valence-corrected chi connectivity index (χ1v) is 9.53. The summed E-state index contributed by atoms with van der Waals surface area (Å²) in [5, 5.41) is 9.39. The topological polar surface area (TPSA) is 88.3 Å². The normalized spacial score (nSPS) is 20.8. The first-order valence-electron chi connectivity index (χ1n) is 9.53. The van der Waals surface area contributed by atoms with Gasteiger partial charge in [-0.3, -0.25) is 9.78 Å². The van der Waals surface area contributed by atoms with E-state index in [0.29, 0.717) is 12.0 Å². The summed E-state index contributed by atoms with van der Waals surface area (Å²) >= 11 is 0. The molecular formula is C21H24N4O3. The highest BCUT2D eigenvalue weighted by atomic mass is 16.4. The smallest absolute Gasteiger partial charge is 0.414 e. The highest BCUT2D eigenvalue weighted by Gasteiger charge is 2.40. The number of carbonyl (C=O) groups excluding carboxylic acids is 1. The monoisotopic (exact) mass is 380 g/mol. The number of aryl methyl sites for hydroxylation is 1. The van der Waals surface area contributed by atoms with E-state index < -0.39 is 12.0 Å². The molecule has 1 unspecified atom stereocenters. The molecule has 2 aliphatic rings. The number of aromatic nitrogens is 3. The standard InChI is InChI=1S/C21H24N4O3/c1-21(2,3)15-7-9-24(20(27)28)19(26)14(15)10-16-17-5-4-13-6-8-22-11-18(13)25(17)12-23-16/h6,8,10-12,15H,4-5,7,9H2,1-3H3,(H,27,28). The fourth-order valence-corrected chi connectivity index (χ4v) is 4.27. The molecule has 0 bridgehead atoms. The Morgan fingerprint density at radius 2 is 2.11 bits per heavy atom. The summed E-state index contributed by atoms with van der Waals surface area (Å²) in [6.07, 6.45) is 8.30. The van der Waals surface area contributed by atoms with E-state index in [-0.39, 0.29) is 17.9 Å². The van der Waals surface area contributed by atoms with Crippen molar-refractivity contribution in [2.75, 3.05) is 6.54 Å². The van der Waals surface area contributed by atoms with Crippen LogP contribution in [0.3, 0.4) is 0 Å². The SMILES string of the molecule is CC(C)(C)C1CCN(C(=O)O)C(=O)C1=Cc1ncn2c1CCc1ccncc1-2. The minimum absolute atomic E-state index is 0.0227. The zero-order valence-electron chi connectivity index (χ0n) is 16.3. The van der Waals surface area contributed by atoms with Gasteiger partial charge in [0.2, 0.25) is 0 Å². The van der Waals surface area contributed by atoms with Gasteiger partial charge in [0.15, 0.2) is 0 Å². The van der Waals surface area contributed by atoms with Crippen molar-refractivity contribution in [2.24, 2.45) is 11.3 Å². The maximum absolute atomic E-state index is 12.9. The lowest BCUT2D eigenvalue weighted by Crippen LogP contribution is -2.46. The zero-order valence-corrected chi connectivity index (χ0v) is 16.3. The van der Waals surface area contributed by atoms with Crippen molar-refractivity contribution in [2.45, 2.75) is 40.0 Å². The summed E-state index contributed by atoms with van der Waals surface area (Å²) in [4.78, 5) is 34.1. The van der Waals surface area contributed by atoms with Crippen molar-refractivity contribution in [3.63, 3.8) is 0 Å². The molecule has 0 aliphatic carbocycles. The first kappa shape index (κ1) is 18.4. The molecule has 4 rings (SSSR count). The van der Waals surface area contributed by atoms with Crippen LogP contribution < -0.4 is 0 Å². The van der Waals surface area contributed by atoms with Crippen LogP contribution in [0.25, 0.3) is 11.8 Å². The van der Waals surface area contributed by atoms with Gasteiger partial charge in [-0.15, -0.1) is 0 Å². The van der Waals surface area contributed by atoms with E-state index >= 15 is 0 Å². The summed E-state index contributed by atoms with van der Waals surface area (Å²) in [6.45, 7) is 6.48. The summed E-state index contributed by atoms with van der Waals surface area (Å²) in [5.41, 5.74) is 4.37. The Balaban J connectivity index is 1.79. The lowest BCUT2D eigenvalue weighted by molar-refractivity contribution is -0.128. The van der Waals surface area contributed by atoms with Crippen LogP contribution in [0, 0.1) is 11.3 Å². The molecule has 7 nitrogen and oxygen atoms in total. The second kappa shape index (κ2) is 6.58. The quantitative estimate of drug-likeness (QED) is 0.767. The minimum Gasteiger partial charge on any atom is -0.465 e. The van der Waals surface area contributed by atoms with Crippen LogP contribution >= 0.6 is 0 Å². The van der Waals surface area contributed by atoms with Crippen molar-refractivity contribution in [1.29, 1.82) is 0 Å². The maximum atomic E-state index is 12.9. The number of pyridine rings is 1. The lowest BCUT2D eigenvalue weighted by atomic mass is 9.72. The van der Waals surface area contributed by atoms with E-state index in [4.69, 9.17) is 0 Å². The molecule has 1 saturated heterocycles. The highest BCUT2D eigenvalue weighted by Crippen LogP contribution is 2.40. The molecule has 1 atom stereocenters. The second-order valence-corrected chi connectivity index (χ2v) is 8.50. The van der Waals surface area contributed by atoms with Gasteiger partial charge >= 0.3 is 6.09 Å². The molecule has 2 aromatic rings. The number of carboxylic acid groups (broad SMARTS) is 1. The summed E-state index contributed by atoms with van der Waals surface area (Å²) in [5.74, 6) is -0.455. The van der Waals surface area contributed by atoms with Crippen LogP contribution in [0.1, 0.15) is 44.1 Å². The Bertz CT molecular complexity index is 984. The Kier molecular flexibility index (Phi) is 4.33. The van der Waals surface area contributed by atoms with Crippen LogP contribution in [-0.4, -0.2) is 43.1 Å². The van der Waals surface area contributed by atoms with Gasteiger partial charge in [0.25, 0.3) is 5.91 Å². The number of piperidine rings is 1. The first-order chi connectivity index (χ1) is 13.3. The summed E-state index contributed by atoms with van der Waals surface area (Å²) < 4.78 is 2.02. The van der Waals surface area contributed by atoms with Gasteiger partial charge in [-0.25, -0.2) is 14.7 Å². The molecule has 1 fully saturated rings. The average Bonchev–Trinajstić information content (AvgIpc) is 3.05. The van der Waals surface area contributed by atoms with E-state index in [1.54, 1.807) is 18.6 Å². The third-order valence-corrected chi connectivity index (χ3v) is 5.75. The molecule has 7 heteroatoms. The van der Waals surface area contributed by atoms with Crippen molar-refractivity contribution >= 4 is 18.1 Å². The molecule has 0 spiro atoms. The molecule has 2 aromatic heterocycles. The van der Waals surface area contributed by atoms with Gasteiger partial charge < -0.3 is 9.67 Å². The van der Waals surface area contributed by atoms with Gasteiger partial charge in [0, 0.05) is 18.3 Å². The minimum atomic E-state index is -1.20. The van der Waals surface area contributed by atoms with E-state index in [2.05, 4.69) is 30.7 Å². The molecule has 4 heterocycles. The number of likely N-dealkylation sites (tertiary alicyclic amines) is 1. The Morgan fingerprint density at radius 3 is 2.82 bits per heavy atom. The molecule has 146 valence electrons. The van der Waals surface area contributed by atoms with Gasteiger partial charge in [-0.1, -0.05) is 20.8 Å². The maximum Gasteiger partial charge on any atom is 0.414 e. The third kappa shape index (κ3) is 3.00. The van der Waals surface area contributed by atoms with Crippen LogP contribution in [0.2, 0.25) is 0 Å². The van der Waals surface area contributed by atoms with Gasteiger partial charge in [0.05, 0.1) is 23.3 Å². The summed E-state index contributed by atoms with van der Waals surface area (Å²) in [7, 11) is 0. The van der Waals surface area contributed by atoms with E-state index in [1.165, 1.54) is 5.56 Å². The molecule has 0 saturated carbocycles. The number of fused-ring (bicyclic) bond motifs is 3. The van der Waals surface area contributed by atoms with Gasteiger partial charge in [-0.2, -0.15) is 0 Å². The number of nitrogens with zero attached hydrogens (tertiary/aromatic N) is 4. The Morgan fingerprint density at radius 1 is 1.32 bits per heavy atom. The number of carbonyl (C=O) groups is 2. The molecular weight excluding hydrogens is 356 g/mol. The van der Waals surface area contributed by atoms with Crippen molar-refractivity contribution in [3.05, 3.63) is 47.3 Å². The highest BCUT2D eigenvalue weighted by molar-refractivity contribution is 6.06. The number of imide groups is 1. The van der Waals surface area contributed by atoms with Crippen LogP contribution in [-0.2, 0) is 17.6 Å². The van der Waals surface area contributed by atoms with Gasteiger partial charge in [-0.05, 0) is 48.3 Å². The Labute approximate surface area is 163 Å². The molecule has 2 amide bonds. The number of hydrogen-bond acceptors (Lipinski definition) is 4. The predicted octanol–water partition coefficient (Wildman–Crippen LogP) is 3.32. The predicted molar refractivity (Wildman–Crippen MR) is 104 cm³/mol. The second-order valence-electron chi connectivity index (χ2n) is 8.50. The lowest BCUT2D eigenvalue weighted by Gasteiger charge is -2.38. The third-order valence-electron chi connectivity index (χ3n) is 5.75. The van der Waals surface area contributed by atoms with E-state index in [9.17, 15) is 14.7 Å². The number of amides is 2. The van der Waals surface area contributed by atoms with Crippen LogP contribution in [0.4, 0.5) is 4.79 Å². The van der Waals surface area contributed by atoms with Crippen molar-refractivity contribution in [3.8, 4) is 5.69 Å². The fraction of sp³-hybridized carbons (Fsp3) is 0.429. The van der Waals surface area contributed by atoms with Crippen molar-refractivity contribution < 1.29 is 14.7 Å². The molecule has 28 heavy (non-hydrogen) atoms. The summed E-state index contributed by atoms with van der Waals surface area (Å²) in [6, 6.07) is 2.02. The van der Waals surface area contributed by atoms with E-state index in [1.807, 2.05) is 16.8 Å². The van der Waals surface area contributed by atoms with Crippen molar-refractivity contribution in [1.82, 2.24) is 19.4 Å². The van der Waals surface area contributed by atoms with Crippen LogP contribution in [0.5, 0.6) is 0 Å². The number of hydrogen-bond donors (Lipinski definition) is 1. The number of rotatable bonds is 1. The molecule has 1 N–H and O–H groups in total.